The zero-order valence-corrected chi connectivity index (χ0v) is 20.0. The van der Waals surface area contributed by atoms with E-state index in [4.69, 9.17) is 14.5 Å². The maximum absolute atomic E-state index is 5.59. The SMILES string of the molecule is COc1cc2c(cc1OC)N(C)C(CNC1=NCCN1)=NC2=Cc1sc2ccccc2[n+]1C. The molecule has 2 aromatic carbocycles. The van der Waals surface area contributed by atoms with Crippen molar-refractivity contribution in [3.8, 4) is 11.5 Å². The monoisotopic (exact) mass is 463 g/mol. The molecule has 0 aliphatic carbocycles. The number of guanidine groups is 1. The van der Waals surface area contributed by atoms with E-state index in [2.05, 4.69) is 62.5 Å². The lowest BCUT2D eigenvalue weighted by atomic mass is 10.0. The van der Waals surface area contributed by atoms with Gasteiger partial charge in [0.15, 0.2) is 17.5 Å². The van der Waals surface area contributed by atoms with Crippen LogP contribution in [0.4, 0.5) is 5.69 Å². The van der Waals surface area contributed by atoms with Crippen molar-refractivity contribution in [3.05, 3.63) is 47.0 Å². The van der Waals surface area contributed by atoms with Crippen LogP contribution in [0.25, 0.3) is 22.0 Å². The lowest BCUT2D eigenvalue weighted by Gasteiger charge is -2.30. The molecule has 1 aromatic heterocycles. The number of nitrogens with zero attached hydrogens (tertiary/aromatic N) is 4. The number of para-hydroxylation sites is 1. The highest BCUT2D eigenvalue weighted by Crippen LogP contribution is 2.41. The van der Waals surface area contributed by atoms with Gasteiger partial charge in [0.2, 0.25) is 5.52 Å². The Bertz CT molecular complexity index is 1310. The van der Waals surface area contributed by atoms with Crippen LogP contribution < -0.4 is 29.6 Å². The van der Waals surface area contributed by atoms with Crippen molar-refractivity contribution in [1.29, 1.82) is 0 Å². The zero-order valence-electron chi connectivity index (χ0n) is 19.2. The first-order valence-electron chi connectivity index (χ1n) is 10.8. The van der Waals surface area contributed by atoms with Gasteiger partial charge in [-0.2, -0.15) is 4.57 Å². The summed E-state index contributed by atoms with van der Waals surface area (Å²) in [6.07, 6.45) is 2.15. The van der Waals surface area contributed by atoms with Gasteiger partial charge in [0, 0.05) is 37.4 Å². The van der Waals surface area contributed by atoms with Gasteiger partial charge in [0.1, 0.15) is 17.6 Å². The summed E-state index contributed by atoms with van der Waals surface area (Å²) in [4.78, 5) is 11.6. The van der Waals surface area contributed by atoms with Gasteiger partial charge in [0.25, 0.3) is 5.01 Å². The third-order valence-electron chi connectivity index (χ3n) is 5.90. The Hall–Kier alpha value is -3.59. The predicted molar refractivity (Wildman–Crippen MR) is 135 cm³/mol. The van der Waals surface area contributed by atoms with Crippen LogP contribution in [0.5, 0.6) is 11.5 Å². The van der Waals surface area contributed by atoms with Crippen molar-refractivity contribution in [2.75, 3.05) is 45.8 Å². The summed E-state index contributed by atoms with van der Waals surface area (Å²) in [5.74, 6) is 3.07. The maximum Gasteiger partial charge on any atom is 0.264 e. The fourth-order valence-electron chi connectivity index (χ4n) is 4.08. The molecule has 0 saturated carbocycles. The highest BCUT2D eigenvalue weighted by molar-refractivity contribution is 7.18. The number of anilines is 1. The molecule has 0 amide bonds. The Morgan fingerprint density at radius 3 is 2.73 bits per heavy atom. The predicted octanol–water partition coefficient (Wildman–Crippen LogP) is 2.64. The van der Waals surface area contributed by atoms with Crippen LogP contribution in [0.2, 0.25) is 0 Å². The molecule has 0 radical (unpaired) electrons. The minimum atomic E-state index is 0.548. The number of thiazole rings is 1. The quantitative estimate of drug-likeness (QED) is 0.569. The summed E-state index contributed by atoms with van der Waals surface area (Å²) in [6.45, 7) is 2.20. The molecule has 0 bridgehead atoms. The van der Waals surface area contributed by atoms with Gasteiger partial charge >= 0.3 is 0 Å². The smallest absolute Gasteiger partial charge is 0.264 e. The summed E-state index contributed by atoms with van der Waals surface area (Å²) in [5.41, 5.74) is 4.08. The minimum absolute atomic E-state index is 0.548. The summed E-state index contributed by atoms with van der Waals surface area (Å²) < 4.78 is 14.6. The summed E-state index contributed by atoms with van der Waals surface area (Å²) in [7, 11) is 7.42. The Balaban J connectivity index is 1.62. The molecule has 170 valence electrons. The van der Waals surface area contributed by atoms with Crippen LogP contribution in [0, 0.1) is 0 Å². The number of hydrogen-bond donors (Lipinski definition) is 2. The number of aromatic nitrogens is 1. The van der Waals surface area contributed by atoms with Crippen molar-refractivity contribution < 1.29 is 14.0 Å². The van der Waals surface area contributed by atoms with Crippen LogP contribution in [0.3, 0.4) is 0 Å². The summed E-state index contributed by atoms with van der Waals surface area (Å²) >= 11 is 1.75. The largest absolute Gasteiger partial charge is 0.493 e. The van der Waals surface area contributed by atoms with Gasteiger partial charge < -0.3 is 25.0 Å². The highest BCUT2D eigenvalue weighted by Gasteiger charge is 2.26. The van der Waals surface area contributed by atoms with E-state index in [0.29, 0.717) is 18.0 Å². The molecule has 33 heavy (non-hydrogen) atoms. The van der Waals surface area contributed by atoms with Crippen LogP contribution in [-0.2, 0) is 7.05 Å². The second kappa shape index (κ2) is 8.74. The first-order chi connectivity index (χ1) is 16.1. The number of amidine groups is 1. The van der Waals surface area contributed by atoms with Crippen molar-refractivity contribution in [3.63, 3.8) is 0 Å². The van der Waals surface area contributed by atoms with Crippen LogP contribution in [-0.4, -0.2) is 52.7 Å². The van der Waals surface area contributed by atoms with E-state index in [9.17, 15) is 0 Å². The van der Waals surface area contributed by atoms with Gasteiger partial charge in [-0.15, -0.1) is 0 Å². The molecule has 8 nitrogen and oxygen atoms in total. The molecular formula is C24H27N6O2S+. The normalized spacial score (nSPS) is 16.4. The average molecular weight is 464 g/mol. The van der Waals surface area contributed by atoms with E-state index in [1.165, 1.54) is 10.2 Å². The molecule has 2 aliphatic heterocycles. The zero-order chi connectivity index (χ0) is 22.9. The third kappa shape index (κ3) is 3.89. The average Bonchev–Trinajstić information content (AvgIpc) is 3.47. The molecule has 3 heterocycles. The molecule has 0 spiro atoms. The number of nitrogens with one attached hydrogen (secondary N) is 2. The fraction of sp³-hybridized carbons (Fsp3) is 0.292. The number of benzene rings is 2. The number of hydrogen-bond acceptors (Lipinski definition) is 8. The molecule has 0 atom stereocenters. The molecule has 3 aromatic rings. The first-order valence-corrected chi connectivity index (χ1v) is 11.6. The lowest BCUT2D eigenvalue weighted by Crippen LogP contribution is -2.43. The number of rotatable bonds is 5. The van der Waals surface area contributed by atoms with Crippen LogP contribution in [0.1, 0.15) is 10.6 Å². The maximum atomic E-state index is 5.59. The standard InChI is InChI=1S/C24H27N6O2S/c1-29-18-13-20(32-4)19(31-3)11-15(18)16(28-22(29)14-27-24-25-9-10-26-24)12-23-30(2)17-7-5-6-8-21(17)33-23/h5-8,11-13H,9-10,14H2,1-4H3,(H2,25,26,27)/q+1. The molecule has 9 heteroatoms. The highest BCUT2D eigenvalue weighted by atomic mass is 32.1. The number of methoxy groups -OCH3 is 2. The molecule has 0 unspecified atom stereocenters. The second-order valence-electron chi connectivity index (χ2n) is 7.82. The van der Waals surface area contributed by atoms with Crippen molar-refractivity contribution in [2.45, 2.75) is 0 Å². The van der Waals surface area contributed by atoms with Gasteiger partial charge in [-0.25, -0.2) is 4.99 Å². The molecular weight excluding hydrogens is 436 g/mol. The minimum Gasteiger partial charge on any atom is -0.493 e. The van der Waals surface area contributed by atoms with Crippen molar-refractivity contribution in [1.82, 2.24) is 10.6 Å². The van der Waals surface area contributed by atoms with Gasteiger partial charge in [0.05, 0.1) is 38.7 Å². The Kier molecular flexibility index (Phi) is 5.63. The second-order valence-corrected chi connectivity index (χ2v) is 8.88. The van der Waals surface area contributed by atoms with E-state index >= 15 is 0 Å². The van der Waals surface area contributed by atoms with Crippen molar-refractivity contribution in [2.24, 2.45) is 17.0 Å². The van der Waals surface area contributed by atoms with Crippen LogP contribution in [0.15, 0.2) is 46.4 Å². The molecule has 0 fully saturated rings. The molecule has 0 saturated heterocycles. The van der Waals surface area contributed by atoms with E-state index in [-0.39, 0.29) is 0 Å². The van der Waals surface area contributed by atoms with E-state index in [0.717, 1.165) is 46.8 Å². The summed E-state index contributed by atoms with van der Waals surface area (Å²) in [6, 6.07) is 12.4. The van der Waals surface area contributed by atoms with E-state index in [1.807, 2.05) is 19.2 Å². The van der Waals surface area contributed by atoms with Crippen molar-refractivity contribution >= 4 is 50.8 Å². The Labute approximate surface area is 196 Å². The number of ether oxygens (including phenoxy) is 2. The van der Waals surface area contributed by atoms with E-state index in [1.54, 1.807) is 25.6 Å². The first kappa shape index (κ1) is 21.3. The molecule has 2 aliphatic rings. The van der Waals surface area contributed by atoms with E-state index < -0.39 is 0 Å². The van der Waals surface area contributed by atoms with Gasteiger partial charge in [-0.05, 0) is 12.1 Å². The number of likely N-dealkylation sites (N-methyl/N-ethyl adjacent to an activating group) is 1. The number of aliphatic imine (C=N–C) groups is 2. The van der Waals surface area contributed by atoms with Gasteiger partial charge in [-0.3, -0.25) is 4.99 Å². The summed E-state index contributed by atoms with van der Waals surface area (Å²) in [5, 5.41) is 7.73. The number of fused-ring (bicyclic) bond motifs is 2. The Morgan fingerprint density at radius 1 is 1.21 bits per heavy atom. The number of aryl methyl sites for hydroxylation is 1. The van der Waals surface area contributed by atoms with Crippen LogP contribution >= 0.6 is 11.3 Å². The fourth-order valence-corrected chi connectivity index (χ4v) is 5.16. The molecule has 2 N–H and O–H groups in total. The lowest BCUT2D eigenvalue weighted by molar-refractivity contribution is -0.642. The Morgan fingerprint density at radius 2 is 2.00 bits per heavy atom. The van der Waals surface area contributed by atoms with Gasteiger partial charge in [-0.1, -0.05) is 23.5 Å². The molecule has 5 rings (SSSR count). The third-order valence-corrected chi connectivity index (χ3v) is 7.06. The topological polar surface area (TPSA) is 74.4 Å².